The van der Waals surface area contributed by atoms with Crippen molar-refractivity contribution < 1.29 is 9.53 Å². The molecule has 0 atom stereocenters. The zero-order valence-electron chi connectivity index (χ0n) is 9.19. The summed E-state index contributed by atoms with van der Waals surface area (Å²) in [5.74, 6) is 0.441. The SMILES string of the molecule is CCOC(=O)c1cc(C)nn1CC1CC1. The van der Waals surface area contributed by atoms with Crippen LogP contribution >= 0.6 is 0 Å². The van der Waals surface area contributed by atoms with Crippen molar-refractivity contribution in [1.29, 1.82) is 0 Å². The first-order valence-electron chi connectivity index (χ1n) is 5.42. The van der Waals surface area contributed by atoms with Crippen LogP contribution in [0.3, 0.4) is 0 Å². The Balaban J connectivity index is 2.15. The molecule has 82 valence electrons. The van der Waals surface area contributed by atoms with Gasteiger partial charge in [-0.3, -0.25) is 4.68 Å². The fourth-order valence-corrected chi connectivity index (χ4v) is 1.60. The summed E-state index contributed by atoms with van der Waals surface area (Å²) in [6.07, 6.45) is 2.50. The molecule has 0 amide bonds. The normalized spacial score (nSPS) is 15.3. The molecule has 1 aromatic heterocycles. The zero-order valence-corrected chi connectivity index (χ0v) is 9.19. The Morgan fingerprint density at radius 2 is 2.40 bits per heavy atom. The molecular weight excluding hydrogens is 192 g/mol. The second-order valence-electron chi connectivity index (χ2n) is 4.02. The number of nitrogens with zero attached hydrogens (tertiary/aromatic N) is 2. The molecule has 0 spiro atoms. The molecule has 0 N–H and O–H groups in total. The van der Waals surface area contributed by atoms with Crippen LogP contribution in [0.25, 0.3) is 0 Å². The molecule has 1 aliphatic rings. The topological polar surface area (TPSA) is 44.1 Å². The molecule has 0 aromatic carbocycles. The molecule has 1 aliphatic carbocycles. The number of carbonyl (C=O) groups excluding carboxylic acids is 1. The summed E-state index contributed by atoms with van der Waals surface area (Å²) in [5, 5.41) is 4.31. The van der Waals surface area contributed by atoms with E-state index >= 15 is 0 Å². The maximum absolute atomic E-state index is 11.6. The van der Waals surface area contributed by atoms with Crippen LogP contribution in [0.15, 0.2) is 6.07 Å². The van der Waals surface area contributed by atoms with Gasteiger partial charge in [-0.2, -0.15) is 5.10 Å². The van der Waals surface area contributed by atoms with Gasteiger partial charge in [0.25, 0.3) is 0 Å². The minimum Gasteiger partial charge on any atom is -0.461 e. The third-order valence-electron chi connectivity index (χ3n) is 2.51. The summed E-state index contributed by atoms with van der Waals surface area (Å²) in [6, 6.07) is 1.79. The molecule has 1 aromatic rings. The van der Waals surface area contributed by atoms with Crippen LogP contribution in [0, 0.1) is 12.8 Å². The molecule has 0 saturated heterocycles. The van der Waals surface area contributed by atoms with Gasteiger partial charge in [0.2, 0.25) is 0 Å². The Morgan fingerprint density at radius 3 is 3.00 bits per heavy atom. The molecule has 2 rings (SSSR count). The minimum atomic E-state index is -0.265. The fourth-order valence-electron chi connectivity index (χ4n) is 1.60. The van der Waals surface area contributed by atoms with E-state index < -0.39 is 0 Å². The van der Waals surface area contributed by atoms with Crippen molar-refractivity contribution >= 4 is 5.97 Å². The molecular formula is C11H16N2O2. The van der Waals surface area contributed by atoms with Crippen LogP contribution in [0.2, 0.25) is 0 Å². The Hall–Kier alpha value is -1.32. The van der Waals surface area contributed by atoms with Crippen molar-refractivity contribution in [3.63, 3.8) is 0 Å². The molecule has 4 nitrogen and oxygen atoms in total. The summed E-state index contributed by atoms with van der Waals surface area (Å²) < 4.78 is 6.77. The molecule has 0 aliphatic heterocycles. The predicted octanol–water partition coefficient (Wildman–Crippen LogP) is 1.78. The van der Waals surface area contributed by atoms with Crippen LogP contribution in [-0.2, 0) is 11.3 Å². The van der Waals surface area contributed by atoms with Gasteiger partial charge in [0, 0.05) is 6.54 Å². The van der Waals surface area contributed by atoms with E-state index in [1.165, 1.54) is 12.8 Å². The van der Waals surface area contributed by atoms with Crippen molar-refractivity contribution in [1.82, 2.24) is 9.78 Å². The van der Waals surface area contributed by atoms with E-state index in [1.807, 2.05) is 13.8 Å². The Bertz CT molecular complexity index is 367. The maximum atomic E-state index is 11.6. The summed E-state index contributed by atoms with van der Waals surface area (Å²) in [5.41, 5.74) is 1.46. The average Bonchev–Trinajstić information content (AvgIpc) is 2.90. The molecule has 4 heteroatoms. The van der Waals surface area contributed by atoms with Gasteiger partial charge in [0.15, 0.2) is 0 Å². The molecule has 1 heterocycles. The highest BCUT2D eigenvalue weighted by Gasteiger charge is 2.25. The molecule has 0 unspecified atom stereocenters. The van der Waals surface area contributed by atoms with Crippen LogP contribution in [-0.4, -0.2) is 22.4 Å². The highest BCUT2D eigenvalue weighted by atomic mass is 16.5. The van der Waals surface area contributed by atoms with E-state index in [0.29, 0.717) is 18.2 Å². The average molecular weight is 208 g/mol. The molecule has 0 bridgehead atoms. The minimum absolute atomic E-state index is 0.265. The number of hydrogen-bond donors (Lipinski definition) is 0. The number of esters is 1. The van der Waals surface area contributed by atoms with Gasteiger partial charge in [0.05, 0.1) is 12.3 Å². The monoisotopic (exact) mass is 208 g/mol. The lowest BCUT2D eigenvalue weighted by molar-refractivity contribution is 0.0511. The first-order chi connectivity index (χ1) is 7.20. The Kier molecular flexibility index (Phi) is 2.75. The zero-order chi connectivity index (χ0) is 10.8. The molecule has 1 fully saturated rings. The third kappa shape index (κ3) is 2.37. The van der Waals surface area contributed by atoms with E-state index in [4.69, 9.17) is 4.74 Å². The highest BCUT2D eigenvalue weighted by Crippen LogP contribution is 2.30. The largest absolute Gasteiger partial charge is 0.461 e. The number of aromatic nitrogens is 2. The second kappa shape index (κ2) is 4.04. The number of hydrogen-bond acceptors (Lipinski definition) is 3. The van der Waals surface area contributed by atoms with Crippen LogP contribution in [0.4, 0.5) is 0 Å². The standard InChI is InChI=1S/C11H16N2O2/c1-3-15-11(14)10-6-8(2)12-13(10)7-9-4-5-9/h6,9H,3-5,7H2,1-2H3. The maximum Gasteiger partial charge on any atom is 0.356 e. The molecule has 0 radical (unpaired) electrons. The third-order valence-corrected chi connectivity index (χ3v) is 2.51. The van der Waals surface area contributed by atoms with Gasteiger partial charge >= 0.3 is 5.97 Å². The lowest BCUT2D eigenvalue weighted by Crippen LogP contribution is -2.14. The van der Waals surface area contributed by atoms with Crippen molar-refractivity contribution in [3.8, 4) is 0 Å². The van der Waals surface area contributed by atoms with Crippen LogP contribution in [0.1, 0.15) is 35.9 Å². The summed E-state index contributed by atoms with van der Waals surface area (Å²) in [6.45, 7) is 4.97. The van der Waals surface area contributed by atoms with Crippen LogP contribution in [0.5, 0.6) is 0 Å². The second-order valence-corrected chi connectivity index (χ2v) is 4.02. The van der Waals surface area contributed by atoms with E-state index in [0.717, 1.165) is 12.2 Å². The van der Waals surface area contributed by atoms with E-state index in [-0.39, 0.29) is 5.97 Å². The van der Waals surface area contributed by atoms with Gasteiger partial charge in [-0.15, -0.1) is 0 Å². The first kappa shape index (κ1) is 10.2. The van der Waals surface area contributed by atoms with Gasteiger partial charge < -0.3 is 4.74 Å². The van der Waals surface area contributed by atoms with E-state index in [2.05, 4.69) is 5.10 Å². The summed E-state index contributed by atoms with van der Waals surface area (Å²) in [7, 11) is 0. The van der Waals surface area contributed by atoms with E-state index in [1.54, 1.807) is 10.7 Å². The van der Waals surface area contributed by atoms with Gasteiger partial charge in [-0.05, 0) is 38.7 Å². The van der Waals surface area contributed by atoms with Crippen molar-refractivity contribution in [2.75, 3.05) is 6.61 Å². The van der Waals surface area contributed by atoms with Crippen molar-refractivity contribution in [2.24, 2.45) is 5.92 Å². The number of ether oxygens (including phenoxy) is 1. The van der Waals surface area contributed by atoms with Gasteiger partial charge in [-0.25, -0.2) is 4.79 Å². The summed E-state index contributed by atoms with van der Waals surface area (Å²) >= 11 is 0. The number of rotatable bonds is 4. The summed E-state index contributed by atoms with van der Waals surface area (Å²) in [4.78, 5) is 11.6. The Labute approximate surface area is 89.2 Å². The van der Waals surface area contributed by atoms with Gasteiger partial charge in [-0.1, -0.05) is 0 Å². The Morgan fingerprint density at radius 1 is 1.67 bits per heavy atom. The molecule has 15 heavy (non-hydrogen) atoms. The van der Waals surface area contributed by atoms with Gasteiger partial charge in [0.1, 0.15) is 5.69 Å². The van der Waals surface area contributed by atoms with Crippen LogP contribution < -0.4 is 0 Å². The lowest BCUT2D eigenvalue weighted by Gasteiger charge is -2.05. The smallest absolute Gasteiger partial charge is 0.356 e. The quantitative estimate of drug-likeness (QED) is 0.708. The molecule has 1 saturated carbocycles. The predicted molar refractivity (Wildman–Crippen MR) is 55.6 cm³/mol. The highest BCUT2D eigenvalue weighted by molar-refractivity contribution is 5.87. The number of aryl methyl sites for hydroxylation is 1. The van der Waals surface area contributed by atoms with E-state index in [9.17, 15) is 4.79 Å². The fraction of sp³-hybridized carbons (Fsp3) is 0.636. The first-order valence-corrected chi connectivity index (χ1v) is 5.42. The van der Waals surface area contributed by atoms with Crippen molar-refractivity contribution in [3.05, 3.63) is 17.5 Å². The lowest BCUT2D eigenvalue weighted by atomic mass is 10.3. The number of carbonyl (C=O) groups is 1. The van der Waals surface area contributed by atoms with Crippen molar-refractivity contribution in [2.45, 2.75) is 33.2 Å².